The monoisotopic (exact) mass is 285 g/mol. The van der Waals surface area contributed by atoms with Gasteiger partial charge in [0.25, 0.3) is 0 Å². The number of carboxylic acids is 1. The van der Waals surface area contributed by atoms with Gasteiger partial charge in [-0.1, -0.05) is 13.3 Å². The number of hydrogen-bond donors (Lipinski definition) is 1. The first-order valence-corrected chi connectivity index (χ1v) is 8.00. The maximum atomic E-state index is 11.4. The molecule has 0 heterocycles. The molecule has 0 atom stereocenters. The lowest BCUT2D eigenvalue weighted by Gasteiger charge is -2.22. The quantitative estimate of drug-likeness (QED) is 0.826. The highest BCUT2D eigenvalue weighted by Gasteiger charge is 2.12. The van der Waals surface area contributed by atoms with Gasteiger partial charge in [-0.05, 0) is 30.7 Å². The van der Waals surface area contributed by atoms with Crippen LogP contribution in [0.5, 0.6) is 0 Å². The van der Waals surface area contributed by atoms with Gasteiger partial charge in [0.2, 0.25) is 0 Å². The summed E-state index contributed by atoms with van der Waals surface area (Å²) in [4.78, 5) is 12.8. The van der Waals surface area contributed by atoms with Crippen LogP contribution in [-0.4, -0.2) is 38.8 Å². The molecule has 0 aromatic heterocycles. The second-order valence-electron chi connectivity index (χ2n) is 4.43. The minimum atomic E-state index is -3.22. The van der Waals surface area contributed by atoms with Gasteiger partial charge in [0.05, 0.1) is 4.90 Å². The van der Waals surface area contributed by atoms with Crippen molar-refractivity contribution in [3.63, 3.8) is 0 Å². The van der Waals surface area contributed by atoms with E-state index in [1.54, 1.807) is 17.0 Å². The van der Waals surface area contributed by atoms with Crippen molar-refractivity contribution in [1.82, 2.24) is 0 Å². The summed E-state index contributed by atoms with van der Waals surface area (Å²) in [5.41, 5.74) is 0.725. The second-order valence-corrected chi connectivity index (χ2v) is 6.45. The molecule has 1 N–H and O–H groups in total. The first-order chi connectivity index (χ1) is 8.84. The number of unbranched alkanes of at least 4 members (excludes halogenated alkanes) is 1. The molecule has 0 amide bonds. The Kier molecular flexibility index (Phi) is 5.35. The van der Waals surface area contributed by atoms with Gasteiger partial charge in [-0.3, -0.25) is 4.79 Å². The Labute approximate surface area is 113 Å². The van der Waals surface area contributed by atoms with Crippen molar-refractivity contribution < 1.29 is 18.3 Å². The van der Waals surface area contributed by atoms with Gasteiger partial charge >= 0.3 is 5.97 Å². The summed E-state index contributed by atoms with van der Waals surface area (Å²) >= 11 is 0. The smallest absolute Gasteiger partial charge is 0.323 e. The van der Waals surface area contributed by atoms with Gasteiger partial charge in [-0.2, -0.15) is 0 Å². The van der Waals surface area contributed by atoms with Crippen molar-refractivity contribution in [1.29, 1.82) is 0 Å². The second kappa shape index (κ2) is 6.56. The standard InChI is InChI=1S/C13H19NO4S/c1-3-4-9-14(10-13(15)16)11-5-7-12(8-6-11)19(2,17)18/h5-8H,3-4,9-10H2,1-2H3,(H,15,16). The molecule has 106 valence electrons. The number of aliphatic carboxylic acids is 1. The normalized spacial score (nSPS) is 11.3. The average molecular weight is 285 g/mol. The number of carbonyl (C=O) groups is 1. The van der Waals surface area contributed by atoms with Crippen LogP contribution in [0.1, 0.15) is 19.8 Å². The fourth-order valence-corrected chi connectivity index (χ4v) is 2.35. The Bertz CT molecular complexity index is 522. The van der Waals surface area contributed by atoms with E-state index in [2.05, 4.69) is 0 Å². The van der Waals surface area contributed by atoms with Crippen molar-refractivity contribution in [3.05, 3.63) is 24.3 Å². The number of sulfone groups is 1. The molecule has 0 spiro atoms. The van der Waals surface area contributed by atoms with E-state index in [1.807, 2.05) is 6.92 Å². The number of nitrogens with zero attached hydrogens (tertiary/aromatic N) is 1. The van der Waals surface area contributed by atoms with Crippen LogP contribution in [0.3, 0.4) is 0 Å². The van der Waals surface area contributed by atoms with Crippen LogP contribution >= 0.6 is 0 Å². The van der Waals surface area contributed by atoms with E-state index in [9.17, 15) is 13.2 Å². The van der Waals surface area contributed by atoms with E-state index in [4.69, 9.17) is 5.11 Å². The summed E-state index contributed by atoms with van der Waals surface area (Å²) in [6.07, 6.45) is 3.01. The van der Waals surface area contributed by atoms with E-state index in [0.717, 1.165) is 24.8 Å². The highest BCUT2D eigenvalue weighted by Crippen LogP contribution is 2.18. The van der Waals surface area contributed by atoms with Gasteiger partial charge in [-0.25, -0.2) is 8.42 Å². The number of carboxylic acid groups (broad SMARTS) is 1. The van der Waals surface area contributed by atoms with Crippen molar-refractivity contribution in [3.8, 4) is 0 Å². The Balaban J connectivity index is 2.93. The van der Waals surface area contributed by atoms with Crippen LogP contribution in [-0.2, 0) is 14.6 Å². The Morgan fingerprint density at radius 1 is 1.26 bits per heavy atom. The molecule has 0 aliphatic carbocycles. The molecule has 0 bridgehead atoms. The Hall–Kier alpha value is -1.56. The van der Waals surface area contributed by atoms with Crippen LogP contribution in [0.2, 0.25) is 0 Å². The van der Waals surface area contributed by atoms with Crippen LogP contribution in [0.25, 0.3) is 0 Å². The van der Waals surface area contributed by atoms with E-state index in [0.29, 0.717) is 6.54 Å². The molecule has 5 nitrogen and oxygen atoms in total. The lowest BCUT2D eigenvalue weighted by molar-refractivity contribution is -0.135. The van der Waals surface area contributed by atoms with Crippen LogP contribution in [0.15, 0.2) is 29.2 Å². The number of anilines is 1. The fourth-order valence-electron chi connectivity index (χ4n) is 1.72. The molecule has 0 radical (unpaired) electrons. The molecule has 0 saturated carbocycles. The lowest BCUT2D eigenvalue weighted by atomic mass is 10.2. The predicted octanol–water partition coefficient (Wildman–Crippen LogP) is 1.78. The summed E-state index contributed by atoms with van der Waals surface area (Å²) in [6, 6.07) is 6.31. The molecule has 0 saturated heterocycles. The first-order valence-electron chi connectivity index (χ1n) is 6.11. The van der Waals surface area contributed by atoms with Crippen molar-refractivity contribution in [2.75, 3.05) is 24.2 Å². The zero-order chi connectivity index (χ0) is 14.5. The molecule has 0 aliphatic heterocycles. The average Bonchev–Trinajstić information content (AvgIpc) is 2.33. The molecule has 19 heavy (non-hydrogen) atoms. The van der Waals surface area contributed by atoms with Gasteiger partial charge in [0.15, 0.2) is 9.84 Å². The fraction of sp³-hybridized carbons (Fsp3) is 0.462. The third-order valence-electron chi connectivity index (χ3n) is 2.74. The lowest BCUT2D eigenvalue weighted by Crippen LogP contribution is -2.30. The minimum absolute atomic E-state index is 0.0851. The largest absolute Gasteiger partial charge is 0.480 e. The maximum Gasteiger partial charge on any atom is 0.323 e. The molecule has 0 unspecified atom stereocenters. The van der Waals surface area contributed by atoms with Gasteiger partial charge in [0, 0.05) is 18.5 Å². The van der Waals surface area contributed by atoms with Crippen LogP contribution in [0.4, 0.5) is 5.69 Å². The Morgan fingerprint density at radius 3 is 2.26 bits per heavy atom. The zero-order valence-electron chi connectivity index (χ0n) is 11.2. The Morgan fingerprint density at radius 2 is 1.84 bits per heavy atom. The van der Waals surface area contributed by atoms with E-state index in [-0.39, 0.29) is 11.4 Å². The topological polar surface area (TPSA) is 74.7 Å². The van der Waals surface area contributed by atoms with E-state index >= 15 is 0 Å². The SMILES string of the molecule is CCCCN(CC(=O)O)c1ccc(S(C)(=O)=O)cc1. The summed E-state index contributed by atoms with van der Waals surface area (Å²) in [5, 5.41) is 8.89. The van der Waals surface area contributed by atoms with Crippen LogP contribution in [0, 0.1) is 0 Å². The zero-order valence-corrected chi connectivity index (χ0v) is 12.0. The van der Waals surface area contributed by atoms with Crippen molar-refractivity contribution >= 4 is 21.5 Å². The highest BCUT2D eigenvalue weighted by molar-refractivity contribution is 7.90. The third-order valence-corrected chi connectivity index (χ3v) is 3.87. The molecule has 1 aromatic carbocycles. The van der Waals surface area contributed by atoms with Gasteiger partial charge in [0.1, 0.15) is 6.54 Å². The van der Waals surface area contributed by atoms with Crippen molar-refractivity contribution in [2.24, 2.45) is 0 Å². The number of benzene rings is 1. The molecular formula is C13H19NO4S. The summed E-state index contributed by atoms with van der Waals surface area (Å²) in [6.45, 7) is 2.59. The maximum absolute atomic E-state index is 11.4. The molecule has 1 rings (SSSR count). The molecular weight excluding hydrogens is 266 g/mol. The number of hydrogen-bond acceptors (Lipinski definition) is 4. The van der Waals surface area contributed by atoms with Gasteiger partial charge in [-0.15, -0.1) is 0 Å². The molecule has 6 heteroatoms. The predicted molar refractivity (Wildman–Crippen MR) is 74.3 cm³/mol. The summed E-state index contributed by atoms with van der Waals surface area (Å²) < 4.78 is 22.7. The van der Waals surface area contributed by atoms with Crippen molar-refractivity contribution in [2.45, 2.75) is 24.7 Å². The summed E-state index contributed by atoms with van der Waals surface area (Å²) in [7, 11) is -3.22. The third kappa shape index (κ3) is 4.90. The number of rotatable bonds is 7. The van der Waals surface area contributed by atoms with E-state index < -0.39 is 15.8 Å². The first kappa shape index (κ1) is 15.5. The van der Waals surface area contributed by atoms with Gasteiger partial charge < -0.3 is 10.0 Å². The molecule has 1 aromatic rings. The van der Waals surface area contributed by atoms with Crippen LogP contribution < -0.4 is 4.90 Å². The molecule has 0 fully saturated rings. The highest BCUT2D eigenvalue weighted by atomic mass is 32.2. The van der Waals surface area contributed by atoms with E-state index in [1.165, 1.54) is 12.1 Å². The molecule has 0 aliphatic rings. The minimum Gasteiger partial charge on any atom is -0.480 e. The summed E-state index contributed by atoms with van der Waals surface area (Å²) in [5.74, 6) is -0.900.